The minimum Gasteiger partial charge on any atom is -0.311 e. The van der Waals surface area contributed by atoms with Crippen molar-refractivity contribution < 1.29 is 9.72 Å². The number of carbonyl (C=O) groups is 1. The Hall–Kier alpha value is -2.49. The highest BCUT2D eigenvalue weighted by atomic mass is 32.2. The lowest BCUT2D eigenvalue weighted by molar-refractivity contribution is -0.384. The standard InChI is InChI=1S/C15H18N6O3S/c1-10(2)20-15(16-17-18-20)25-9-14(22)19-7-3-4-11-8-12(21(23)24)5-6-13(11)19/h5-6,8,10H,3-4,7,9H2,1-2H3. The van der Waals surface area contributed by atoms with Crippen LogP contribution < -0.4 is 4.90 Å². The highest BCUT2D eigenvalue weighted by Gasteiger charge is 2.25. The van der Waals surface area contributed by atoms with Gasteiger partial charge in [0.25, 0.3) is 5.69 Å². The summed E-state index contributed by atoms with van der Waals surface area (Å²) in [5.74, 6) is 0.155. The number of amides is 1. The molecule has 0 atom stereocenters. The van der Waals surface area contributed by atoms with E-state index in [2.05, 4.69) is 15.5 Å². The Balaban J connectivity index is 1.73. The number of anilines is 1. The predicted molar refractivity (Wildman–Crippen MR) is 92.7 cm³/mol. The third-order valence-electron chi connectivity index (χ3n) is 3.97. The average Bonchev–Trinajstić information content (AvgIpc) is 3.07. The summed E-state index contributed by atoms with van der Waals surface area (Å²) in [5.41, 5.74) is 1.65. The van der Waals surface area contributed by atoms with Gasteiger partial charge in [-0.15, -0.1) is 5.10 Å². The highest BCUT2D eigenvalue weighted by Crippen LogP contribution is 2.31. The van der Waals surface area contributed by atoms with Crippen LogP contribution in [-0.2, 0) is 11.2 Å². The summed E-state index contributed by atoms with van der Waals surface area (Å²) in [4.78, 5) is 24.9. The molecule has 0 bridgehead atoms. The van der Waals surface area contributed by atoms with Gasteiger partial charge in [-0.3, -0.25) is 14.9 Å². The van der Waals surface area contributed by atoms with Crippen LogP contribution in [0, 0.1) is 10.1 Å². The Morgan fingerprint density at radius 3 is 2.96 bits per heavy atom. The molecule has 3 rings (SSSR count). The molecule has 1 aliphatic rings. The predicted octanol–water partition coefficient (Wildman–Crippen LogP) is 2.23. The third-order valence-corrected chi connectivity index (χ3v) is 4.89. The van der Waals surface area contributed by atoms with E-state index in [0.717, 1.165) is 24.1 Å². The molecule has 0 spiro atoms. The van der Waals surface area contributed by atoms with Crippen molar-refractivity contribution in [1.29, 1.82) is 0 Å². The van der Waals surface area contributed by atoms with Gasteiger partial charge in [-0.2, -0.15) is 0 Å². The zero-order valence-corrected chi connectivity index (χ0v) is 14.8. The van der Waals surface area contributed by atoms with Gasteiger partial charge in [0.05, 0.1) is 16.7 Å². The summed E-state index contributed by atoms with van der Waals surface area (Å²) in [7, 11) is 0. The van der Waals surface area contributed by atoms with Crippen molar-refractivity contribution in [3.05, 3.63) is 33.9 Å². The summed E-state index contributed by atoms with van der Waals surface area (Å²) in [5, 5.41) is 23.0. The van der Waals surface area contributed by atoms with Crippen molar-refractivity contribution in [3.8, 4) is 0 Å². The molecule has 1 amide bonds. The molecule has 1 aromatic heterocycles. The monoisotopic (exact) mass is 362 g/mol. The third kappa shape index (κ3) is 3.63. The van der Waals surface area contributed by atoms with E-state index in [-0.39, 0.29) is 23.4 Å². The number of benzene rings is 1. The van der Waals surface area contributed by atoms with E-state index in [9.17, 15) is 14.9 Å². The quantitative estimate of drug-likeness (QED) is 0.456. The first-order valence-electron chi connectivity index (χ1n) is 7.95. The van der Waals surface area contributed by atoms with E-state index >= 15 is 0 Å². The molecule has 2 aromatic rings. The van der Waals surface area contributed by atoms with E-state index in [0.29, 0.717) is 11.7 Å². The lowest BCUT2D eigenvalue weighted by atomic mass is 10.0. The fraction of sp³-hybridized carbons (Fsp3) is 0.467. The number of carbonyl (C=O) groups excluding carboxylic acids is 1. The van der Waals surface area contributed by atoms with Crippen LogP contribution in [0.3, 0.4) is 0 Å². The first kappa shape index (κ1) is 17.3. The minimum atomic E-state index is -0.414. The number of tetrazole rings is 1. The first-order chi connectivity index (χ1) is 12.0. The van der Waals surface area contributed by atoms with Crippen molar-refractivity contribution >= 4 is 29.0 Å². The topological polar surface area (TPSA) is 107 Å². The van der Waals surface area contributed by atoms with Crippen LogP contribution in [0.15, 0.2) is 23.4 Å². The number of fused-ring (bicyclic) bond motifs is 1. The van der Waals surface area contributed by atoms with Gasteiger partial charge in [-0.05, 0) is 48.7 Å². The van der Waals surface area contributed by atoms with Gasteiger partial charge in [0.2, 0.25) is 11.1 Å². The second kappa shape index (κ2) is 7.18. The SMILES string of the molecule is CC(C)n1nnnc1SCC(=O)N1CCCc2cc([N+](=O)[O-])ccc21. The average molecular weight is 362 g/mol. The molecule has 9 nitrogen and oxygen atoms in total. The molecule has 2 heterocycles. The Bertz CT molecular complexity index is 806. The second-order valence-corrected chi connectivity index (χ2v) is 6.95. The number of hydrogen-bond acceptors (Lipinski definition) is 7. The zero-order valence-electron chi connectivity index (χ0n) is 14.0. The zero-order chi connectivity index (χ0) is 18.0. The molecule has 0 N–H and O–H groups in total. The van der Waals surface area contributed by atoms with Crippen LogP contribution in [0.25, 0.3) is 0 Å². The molecule has 10 heteroatoms. The summed E-state index contributed by atoms with van der Waals surface area (Å²) >= 11 is 1.29. The van der Waals surface area contributed by atoms with E-state index in [1.165, 1.54) is 17.8 Å². The Kier molecular flexibility index (Phi) is 4.98. The normalized spacial score (nSPS) is 13.8. The van der Waals surface area contributed by atoms with Crippen molar-refractivity contribution in [2.24, 2.45) is 0 Å². The molecule has 0 saturated heterocycles. The van der Waals surface area contributed by atoms with E-state index in [1.54, 1.807) is 21.7 Å². The Morgan fingerprint density at radius 2 is 2.24 bits per heavy atom. The summed E-state index contributed by atoms with van der Waals surface area (Å²) in [6.45, 7) is 4.55. The molecule has 0 radical (unpaired) electrons. The molecule has 1 aromatic carbocycles. The molecule has 1 aliphatic heterocycles. The van der Waals surface area contributed by atoms with Crippen molar-refractivity contribution in [2.45, 2.75) is 37.9 Å². The smallest absolute Gasteiger partial charge is 0.269 e. The van der Waals surface area contributed by atoms with Gasteiger partial charge in [0, 0.05) is 24.4 Å². The number of nitrogens with zero attached hydrogens (tertiary/aromatic N) is 6. The van der Waals surface area contributed by atoms with Crippen LogP contribution in [-0.4, -0.2) is 43.3 Å². The van der Waals surface area contributed by atoms with Crippen LogP contribution in [0.4, 0.5) is 11.4 Å². The lowest BCUT2D eigenvalue weighted by Crippen LogP contribution is -2.36. The van der Waals surface area contributed by atoms with E-state index in [1.807, 2.05) is 13.8 Å². The maximum Gasteiger partial charge on any atom is 0.269 e. The fourth-order valence-electron chi connectivity index (χ4n) is 2.76. The summed E-state index contributed by atoms with van der Waals surface area (Å²) < 4.78 is 1.67. The molecule has 132 valence electrons. The lowest BCUT2D eigenvalue weighted by Gasteiger charge is -2.29. The number of hydrogen-bond donors (Lipinski definition) is 0. The van der Waals surface area contributed by atoms with Crippen molar-refractivity contribution in [1.82, 2.24) is 20.2 Å². The second-order valence-electron chi connectivity index (χ2n) is 6.01. The number of nitro groups is 1. The van der Waals surface area contributed by atoms with Gasteiger partial charge in [0.1, 0.15) is 0 Å². The fourth-order valence-corrected chi connectivity index (χ4v) is 3.65. The van der Waals surface area contributed by atoms with Gasteiger partial charge >= 0.3 is 0 Å². The van der Waals surface area contributed by atoms with E-state index < -0.39 is 4.92 Å². The van der Waals surface area contributed by atoms with Gasteiger partial charge in [-0.25, -0.2) is 4.68 Å². The molecule has 25 heavy (non-hydrogen) atoms. The number of rotatable bonds is 5. The summed E-state index contributed by atoms with van der Waals surface area (Å²) in [6, 6.07) is 4.77. The molecular formula is C15H18N6O3S. The summed E-state index contributed by atoms with van der Waals surface area (Å²) in [6.07, 6.45) is 1.52. The maximum absolute atomic E-state index is 12.6. The highest BCUT2D eigenvalue weighted by molar-refractivity contribution is 7.99. The first-order valence-corrected chi connectivity index (χ1v) is 8.94. The number of thioether (sulfide) groups is 1. The minimum absolute atomic E-state index is 0.0542. The maximum atomic E-state index is 12.6. The van der Waals surface area contributed by atoms with Crippen LogP contribution in [0.1, 0.15) is 31.9 Å². The van der Waals surface area contributed by atoms with Gasteiger partial charge in [-0.1, -0.05) is 11.8 Å². The number of aryl methyl sites for hydroxylation is 1. The van der Waals surface area contributed by atoms with Crippen molar-refractivity contribution in [2.75, 3.05) is 17.2 Å². The van der Waals surface area contributed by atoms with Crippen LogP contribution in [0.2, 0.25) is 0 Å². The van der Waals surface area contributed by atoms with Gasteiger partial charge in [0.15, 0.2) is 0 Å². The number of aromatic nitrogens is 4. The number of non-ortho nitro benzene ring substituents is 1. The van der Waals surface area contributed by atoms with Crippen LogP contribution in [0.5, 0.6) is 0 Å². The van der Waals surface area contributed by atoms with Crippen LogP contribution >= 0.6 is 11.8 Å². The number of nitro benzene ring substituents is 1. The van der Waals surface area contributed by atoms with Gasteiger partial charge < -0.3 is 4.90 Å². The molecular weight excluding hydrogens is 344 g/mol. The largest absolute Gasteiger partial charge is 0.311 e. The van der Waals surface area contributed by atoms with E-state index in [4.69, 9.17) is 0 Å². The van der Waals surface area contributed by atoms with Crippen molar-refractivity contribution in [3.63, 3.8) is 0 Å². The molecule has 0 aliphatic carbocycles. The molecule has 0 fully saturated rings. The Morgan fingerprint density at radius 1 is 1.44 bits per heavy atom. The molecule has 0 saturated carbocycles. The Labute approximate surface area is 148 Å². The molecule has 0 unspecified atom stereocenters.